The molecule has 4 nitrogen and oxygen atoms in total. The van der Waals surface area contributed by atoms with E-state index in [-0.39, 0.29) is 5.82 Å². The number of pyridine rings is 1. The molecule has 3 rings (SSSR count). The maximum Gasteiger partial charge on any atom is 0.206 e. The Morgan fingerprint density at radius 2 is 2.05 bits per heavy atom. The van der Waals surface area contributed by atoms with E-state index in [1.807, 2.05) is 32.9 Å². The summed E-state index contributed by atoms with van der Waals surface area (Å²) in [5.74, 6) is -0.317. The quantitative estimate of drug-likeness (QED) is 0.794. The Labute approximate surface area is 126 Å². The second-order valence-electron chi connectivity index (χ2n) is 5.16. The molecule has 0 saturated carbocycles. The average Bonchev–Trinajstić information content (AvgIpc) is 2.86. The Bertz CT molecular complexity index is 797. The molecule has 0 spiro atoms. The van der Waals surface area contributed by atoms with E-state index in [1.54, 1.807) is 6.07 Å². The topological polar surface area (TPSA) is 50.7 Å². The van der Waals surface area contributed by atoms with Crippen molar-refractivity contribution in [3.05, 3.63) is 35.8 Å². The molecule has 0 radical (unpaired) electrons. The van der Waals surface area contributed by atoms with Crippen molar-refractivity contribution >= 4 is 27.4 Å². The highest BCUT2D eigenvalue weighted by atomic mass is 32.1. The number of hydrogen-bond acceptors (Lipinski definition) is 5. The number of halogens is 1. The SMILES string of the molecule is Cc1cc(-c2nnc(NC(C)C)s2)c2cccc(F)c2n1. The number of benzene rings is 1. The van der Waals surface area contributed by atoms with Gasteiger partial charge in [0.15, 0.2) is 0 Å². The van der Waals surface area contributed by atoms with Crippen LogP contribution in [0.25, 0.3) is 21.5 Å². The molecule has 108 valence electrons. The molecule has 2 heterocycles. The van der Waals surface area contributed by atoms with Gasteiger partial charge < -0.3 is 5.32 Å². The van der Waals surface area contributed by atoms with Crippen LogP contribution in [0.15, 0.2) is 24.3 Å². The minimum Gasteiger partial charge on any atom is -0.358 e. The summed E-state index contributed by atoms with van der Waals surface area (Å²) in [5.41, 5.74) is 2.00. The van der Waals surface area contributed by atoms with Gasteiger partial charge in [0.05, 0.1) is 0 Å². The Hall–Kier alpha value is -2.08. The van der Waals surface area contributed by atoms with E-state index >= 15 is 0 Å². The van der Waals surface area contributed by atoms with Crippen LogP contribution in [0, 0.1) is 12.7 Å². The molecule has 0 aliphatic carbocycles. The monoisotopic (exact) mass is 302 g/mol. The minimum absolute atomic E-state index is 0.291. The summed E-state index contributed by atoms with van der Waals surface area (Å²) in [6.45, 7) is 5.94. The fourth-order valence-corrected chi connectivity index (χ4v) is 3.08. The molecule has 0 aliphatic heterocycles. The van der Waals surface area contributed by atoms with Crippen molar-refractivity contribution in [3.63, 3.8) is 0 Å². The molecule has 3 aromatic rings. The molecular formula is C15H15FN4S. The number of nitrogens with zero attached hydrogens (tertiary/aromatic N) is 3. The lowest BCUT2D eigenvalue weighted by atomic mass is 10.1. The summed E-state index contributed by atoms with van der Waals surface area (Å²) in [6.07, 6.45) is 0. The van der Waals surface area contributed by atoms with Gasteiger partial charge in [-0.3, -0.25) is 0 Å². The van der Waals surface area contributed by atoms with Crippen LogP contribution in [0.4, 0.5) is 9.52 Å². The largest absolute Gasteiger partial charge is 0.358 e. The van der Waals surface area contributed by atoms with Crippen LogP contribution in [-0.2, 0) is 0 Å². The number of nitrogens with one attached hydrogen (secondary N) is 1. The average molecular weight is 302 g/mol. The van der Waals surface area contributed by atoms with Crippen LogP contribution >= 0.6 is 11.3 Å². The predicted octanol–water partition coefficient (Wildman–Crippen LogP) is 4.02. The molecule has 0 atom stereocenters. The van der Waals surface area contributed by atoms with Crippen molar-refractivity contribution in [2.24, 2.45) is 0 Å². The highest BCUT2D eigenvalue weighted by molar-refractivity contribution is 7.18. The number of anilines is 1. The van der Waals surface area contributed by atoms with Crippen LogP contribution in [-0.4, -0.2) is 21.2 Å². The van der Waals surface area contributed by atoms with E-state index in [0.717, 1.165) is 26.8 Å². The van der Waals surface area contributed by atoms with Crippen molar-refractivity contribution < 1.29 is 4.39 Å². The molecule has 0 amide bonds. The van der Waals surface area contributed by atoms with Crippen molar-refractivity contribution in [2.45, 2.75) is 26.8 Å². The lowest BCUT2D eigenvalue weighted by Gasteiger charge is -2.06. The van der Waals surface area contributed by atoms with Gasteiger partial charge in [0.1, 0.15) is 16.3 Å². The Balaban J connectivity index is 2.16. The predicted molar refractivity (Wildman–Crippen MR) is 84.1 cm³/mol. The lowest BCUT2D eigenvalue weighted by Crippen LogP contribution is -2.08. The van der Waals surface area contributed by atoms with Gasteiger partial charge in [-0.2, -0.15) is 0 Å². The van der Waals surface area contributed by atoms with Crippen molar-refractivity contribution in [2.75, 3.05) is 5.32 Å². The van der Waals surface area contributed by atoms with E-state index in [4.69, 9.17) is 0 Å². The van der Waals surface area contributed by atoms with Gasteiger partial charge in [0.25, 0.3) is 0 Å². The van der Waals surface area contributed by atoms with Gasteiger partial charge in [-0.15, -0.1) is 10.2 Å². The summed E-state index contributed by atoms with van der Waals surface area (Å²) in [7, 11) is 0. The first-order chi connectivity index (χ1) is 10.0. The van der Waals surface area contributed by atoms with Gasteiger partial charge >= 0.3 is 0 Å². The number of hydrogen-bond donors (Lipinski definition) is 1. The van der Waals surface area contributed by atoms with E-state index in [0.29, 0.717) is 11.6 Å². The molecule has 1 N–H and O–H groups in total. The normalized spacial score (nSPS) is 11.3. The summed E-state index contributed by atoms with van der Waals surface area (Å²) in [6, 6.07) is 7.18. The number of aromatic nitrogens is 3. The maximum atomic E-state index is 13.9. The van der Waals surface area contributed by atoms with Crippen molar-refractivity contribution in [3.8, 4) is 10.6 Å². The third-order valence-corrected chi connectivity index (χ3v) is 3.87. The molecule has 2 aromatic heterocycles. The molecule has 0 aliphatic rings. The highest BCUT2D eigenvalue weighted by Gasteiger charge is 2.14. The molecule has 21 heavy (non-hydrogen) atoms. The van der Waals surface area contributed by atoms with E-state index in [1.165, 1.54) is 17.4 Å². The van der Waals surface area contributed by atoms with E-state index in [9.17, 15) is 4.39 Å². The second kappa shape index (κ2) is 5.37. The van der Waals surface area contributed by atoms with Crippen LogP contribution < -0.4 is 5.32 Å². The fourth-order valence-electron chi connectivity index (χ4n) is 2.16. The number of fused-ring (bicyclic) bond motifs is 1. The maximum absolute atomic E-state index is 13.9. The Morgan fingerprint density at radius 1 is 1.24 bits per heavy atom. The zero-order valence-corrected chi connectivity index (χ0v) is 12.8. The smallest absolute Gasteiger partial charge is 0.206 e. The second-order valence-corrected chi connectivity index (χ2v) is 6.14. The Kier molecular flexibility index (Phi) is 3.55. The van der Waals surface area contributed by atoms with E-state index in [2.05, 4.69) is 20.5 Å². The van der Waals surface area contributed by atoms with Gasteiger partial charge in [-0.1, -0.05) is 23.5 Å². The van der Waals surface area contributed by atoms with Gasteiger partial charge in [-0.25, -0.2) is 9.37 Å². The third kappa shape index (κ3) is 2.71. The number of para-hydroxylation sites is 1. The first-order valence-electron chi connectivity index (χ1n) is 6.71. The standard InChI is InChI=1S/C15H15FN4S/c1-8(2)17-15-20-19-14(21-15)11-7-9(3)18-13-10(11)5-4-6-12(13)16/h4-8H,1-3H3,(H,17,20). The summed E-state index contributed by atoms with van der Waals surface area (Å²) >= 11 is 1.46. The summed E-state index contributed by atoms with van der Waals surface area (Å²) < 4.78 is 13.9. The molecule has 6 heteroatoms. The molecule has 0 fully saturated rings. The van der Waals surface area contributed by atoms with Crippen LogP contribution in [0.2, 0.25) is 0 Å². The summed E-state index contributed by atoms with van der Waals surface area (Å²) in [5, 5.41) is 13.9. The van der Waals surface area contributed by atoms with Gasteiger partial charge in [-0.05, 0) is 32.9 Å². The molecular weight excluding hydrogens is 287 g/mol. The number of rotatable bonds is 3. The first-order valence-corrected chi connectivity index (χ1v) is 7.52. The lowest BCUT2D eigenvalue weighted by molar-refractivity contribution is 0.636. The van der Waals surface area contributed by atoms with Crippen LogP contribution in [0.3, 0.4) is 0 Å². The van der Waals surface area contributed by atoms with Crippen molar-refractivity contribution in [1.82, 2.24) is 15.2 Å². The zero-order chi connectivity index (χ0) is 15.0. The van der Waals surface area contributed by atoms with Gasteiger partial charge in [0.2, 0.25) is 5.13 Å². The molecule has 0 saturated heterocycles. The first kappa shape index (κ1) is 13.9. The molecule has 0 unspecified atom stereocenters. The van der Waals surface area contributed by atoms with E-state index < -0.39 is 0 Å². The van der Waals surface area contributed by atoms with Crippen LogP contribution in [0.5, 0.6) is 0 Å². The van der Waals surface area contributed by atoms with Crippen LogP contribution in [0.1, 0.15) is 19.5 Å². The number of aryl methyl sites for hydroxylation is 1. The molecule has 1 aromatic carbocycles. The minimum atomic E-state index is -0.317. The van der Waals surface area contributed by atoms with Crippen molar-refractivity contribution in [1.29, 1.82) is 0 Å². The zero-order valence-electron chi connectivity index (χ0n) is 12.0. The Morgan fingerprint density at radius 3 is 2.81 bits per heavy atom. The molecule has 0 bridgehead atoms. The fraction of sp³-hybridized carbons (Fsp3) is 0.267. The third-order valence-electron chi connectivity index (χ3n) is 2.99. The van der Waals surface area contributed by atoms with Gasteiger partial charge in [0, 0.05) is 22.7 Å². The summed E-state index contributed by atoms with van der Waals surface area (Å²) in [4.78, 5) is 4.28. The highest BCUT2D eigenvalue weighted by Crippen LogP contribution is 2.33.